The molecule has 6 rings (SSSR count). The summed E-state index contributed by atoms with van der Waals surface area (Å²) in [5, 5.41) is 14.3. The maximum Gasteiger partial charge on any atom is 0.251 e. The van der Waals surface area contributed by atoms with Gasteiger partial charge in [0.25, 0.3) is 5.91 Å². The van der Waals surface area contributed by atoms with Crippen LogP contribution in [0.2, 0.25) is 5.02 Å². The summed E-state index contributed by atoms with van der Waals surface area (Å²) >= 11 is 6.74. The lowest BCUT2D eigenvalue weighted by atomic mass is 9.92. The van der Waals surface area contributed by atoms with Gasteiger partial charge in [0.2, 0.25) is 0 Å². The van der Waals surface area contributed by atoms with E-state index in [1.807, 2.05) is 72.8 Å². The molecule has 188 valence electrons. The summed E-state index contributed by atoms with van der Waals surface area (Å²) in [5.41, 5.74) is 5.88. The third-order valence-corrected chi connectivity index (χ3v) is 7.37. The Balaban J connectivity index is 1.39. The molecule has 1 heterocycles. The summed E-state index contributed by atoms with van der Waals surface area (Å²) in [4.78, 5) is 21.5. The van der Waals surface area contributed by atoms with Crippen molar-refractivity contribution in [3.8, 4) is 22.5 Å². The number of halogens is 1. The quantitative estimate of drug-likeness (QED) is 0.191. The first kappa shape index (κ1) is 24.0. The normalized spacial score (nSPS) is 13.8. The minimum Gasteiger partial charge on any atom is -0.508 e. The van der Waals surface area contributed by atoms with E-state index in [9.17, 15) is 9.90 Å². The lowest BCUT2D eigenvalue weighted by Crippen LogP contribution is -2.30. The number of hydrogen-bond acceptors (Lipinski definition) is 3. The van der Waals surface area contributed by atoms with E-state index in [2.05, 4.69) is 16.9 Å². The second-order valence-corrected chi connectivity index (χ2v) is 10.1. The Morgan fingerprint density at radius 3 is 2.47 bits per heavy atom. The van der Waals surface area contributed by atoms with Gasteiger partial charge in [0, 0.05) is 27.3 Å². The number of aliphatic hydroxyl groups excluding tert-OH is 1. The van der Waals surface area contributed by atoms with Crippen LogP contribution in [0.1, 0.15) is 40.4 Å². The number of benzene rings is 4. The van der Waals surface area contributed by atoms with Crippen LogP contribution in [0, 0.1) is 5.92 Å². The molecule has 1 aromatic heterocycles. The fourth-order valence-corrected chi connectivity index (χ4v) is 5.28. The molecular formula is C32H26ClN3O2. The van der Waals surface area contributed by atoms with Crippen molar-refractivity contribution >= 4 is 34.3 Å². The van der Waals surface area contributed by atoms with E-state index in [1.54, 1.807) is 18.2 Å². The minimum atomic E-state index is -0.198. The average molecular weight is 520 g/mol. The van der Waals surface area contributed by atoms with Gasteiger partial charge in [-0.2, -0.15) is 0 Å². The molecule has 1 aliphatic rings. The third kappa shape index (κ3) is 4.57. The van der Waals surface area contributed by atoms with Gasteiger partial charge < -0.3 is 15.4 Å². The molecule has 1 aliphatic carbocycles. The van der Waals surface area contributed by atoms with Crippen molar-refractivity contribution in [3.05, 3.63) is 119 Å². The van der Waals surface area contributed by atoms with Crippen molar-refractivity contribution in [3.63, 3.8) is 0 Å². The molecule has 0 saturated heterocycles. The molecule has 3 N–H and O–H groups in total. The molecule has 1 atom stereocenters. The molecule has 1 unspecified atom stereocenters. The fourth-order valence-electron chi connectivity index (χ4n) is 5.01. The average Bonchev–Trinajstić information content (AvgIpc) is 3.69. The van der Waals surface area contributed by atoms with E-state index in [0.717, 1.165) is 35.0 Å². The van der Waals surface area contributed by atoms with E-state index in [-0.39, 0.29) is 17.7 Å². The predicted molar refractivity (Wildman–Crippen MR) is 153 cm³/mol. The largest absolute Gasteiger partial charge is 0.508 e. The monoisotopic (exact) mass is 519 g/mol. The molecule has 0 aliphatic heterocycles. The zero-order chi connectivity index (χ0) is 26.2. The van der Waals surface area contributed by atoms with Crippen molar-refractivity contribution in [1.82, 2.24) is 15.3 Å². The highest BCUT2D eigenvalue weighted by atomic mass is 35.5. The maximum atomic E-state index is 13.4. The van der Waals surface area contributed by atoms with E-state index >= 15 is 0 Å². The number of carbonyl (C=O) groups is 1. The van der Waals surface area contributed by atoms with Crippen LogP contribution in [0.4, 0.5) is 0 Å². The number of aromatic amines is 1. The van der Waals surface area contributed by atoms with E-state index < -0.39 is 0 Å². The molecule has 6 heteroatoms. The van der Waals surface area contributed by atoms with Gasteiger partial charge in [0.1, 0.15) is 11.6 Å². The number of hydrogen-bond donors (Lipinski definition) is 3. The highest BCUT2D eigenvalue weighted by molar-refractivity contribution is 6.34. The summed E-state index contributed by atoms with van der Waals surface area (Å²) in [5.74, 6) is 0.751. The lowest BCUT2D eigenvalue weighted by Gasteiger charge is -2.20. The van der Waals surface area contributed by atoms with Gasteiger partial charge in [-0.25, -0.2) is 4.98 Å². The smallest absolute Gasteiger partial charge is 0.251 e. The van der Waals surface area contributed by atoms with Crippen molar-refractivity contribution in [2.24, 2.45) is 5.92 Å². The zero-order valence-electron chi connectivity index (χ0n) is 20.6. The van der Waals surface area contributed by atoms with E-state index in [4.69, 9.17) is 16.6 Å². The van der Waals surface area contributed by atoms with Crippen LogP contribution in [0.3, 0.4) is 0 Å². The molecule has 0 radical (unpaired) electrons. The molecule has 1 amide bonds. The van der Waals surface area contributed by atoms with Crippen molar-refractivity contribution in [1.29, 1.82) is 0 Å². The molecule has 0 bridgehead atoms. The van der Waals surface area contributed by atoms with Gasteiger partial charge in [-0.3, -0.25) is 4.79 Å². The molecular weight excluding hydrogens is 494 g/mol. The second kappa shape index (κ2) is 9.84. The first-order valence-electron chi connectivity index (χ1n) is 12.6. The Morgan fingerprint density at radius 2 is 1.74 bits per heavy atom. The molecule has 4 aromatic carbocycles. The summed E-state index contributed by atoms with van der Waals surface area (Å²) in [6.07, 6.45) is 2.18. The topological polar surface area (TPSA) is 78.0 Å². The summed E-state index contributed by atoms with van der Waals surface area (Å²) in [7, 11) is 0. The van der Waals surface area contributed by atoms with Gasteiger partial charge in [0.15, 0.2) is 0 Å². The van der Waals surface area contributed by atoms with Crippen LogP contribution in [0.25, 0.3) is 39.3 Å². The Kier molecular flexibility index (Phi) is 6.22. The van der Waals surface area contributed by atoms with Crippen LogP contribution in [-0.2, 0) is 0 Å². The number of amides is 1. The molecule has 38 heavy (non-hydrogen) atoms. The Hall–Kier alpha value is -4.35. The molecule has 5 aromatic rings. The van der Waals surface area contributed by atoms with Crippen molar-refractivity contribution in [2.75, 3.05) is 0 Å². The van der Waals surface area contributed by atoms with Gasteiger partial charge >= 0.3 is 0 Å². The van der Waals surface area contributed by atoms with E-state index in [0.29, 0.717) is 39.0 Å². The second-order valence-electron chi connectivity index (χ2n) is 9.67. The van der Waals surface area contributed by atoms with Gasteiger partial charge in [-0.05, 0) is 60.2 Å². The number of aromatic nitrogens is 2. The van der Waals surface area contributed by atoms with Gasteiger partial charge in [-0.1, -0.05) is 78.8 Å². The lowest BCUT2D eigenvalue weighted by molar-refractivity contribution is 0.0931. The third-order valence-electron chi connectivity index (χ3n) is 7.06. The number of H-pyrrole nitrogens is 1. The number of rotatable bonds is 7. The Morgan fingerprint density at radius 1 is 0.974 bits per heavy atom. The zero-order valence-corrected chi connectivity index (χ0v) is 21.4. The van der Waals surface area contributed by atoms with Crippen molar-refractivity contribution < 1.29 is 9.90 Å². The molecule has 1 saturated carbocycles. The van der Waals surface area contributed by atoms with Crippen LogP contribution in [0.15, 0.2) is 97.6 Å². The highest BCUT2D eigenvalue weighted by Crippen LogP contribution is 2.42. The number of nitrogens with zero attached hydrogens (tertiary/aromatic N) is 1. The Bertz CT molecular complexity index is 1640. The number of carbonyl (C=O) groups excluding carboxylic acids is 1. The number of para-hydroxylation sites is 2. The van der Waals surface area contributed by atoms with E-state index in [1.165, 1.54) is 0 Å². The van der Waals surface area contributed by atoms with Crippen molar-refractivity contribution in [2.45, 2.75) is 18.9 Å². The summed E-state index contributed by atoms with van der Waals surface area (Å²) in [6.45, 7) is 3.78. The molecule has 5 nitrogen and oxygen atoms in total. The SMILES string of the molecule is C=C(O)c1cc(C(=O)NC(c2ccccc2)C2CC2)ccc1-c1c(Cl)cccc1-c1nc2ccccc2[nH]1. The number of fused-ring (bicyclic) bond motifs is 1. The number of nitrogens with one attached hydrogen (secondary N) is 2. The summed E-state index contributed by atoms with van der Waals surface area (Å²) < 4.78 is 0. The van der Waals surface area contributed by atoms with Crippen LogP contribution in [0.5, 0.6) is 0 Å². The first-order chi connectivity index (χ1) is 18.5. The fraction of sp³-hybridized carbons (Fsp3) is 0.125. The predicted octanol–water partition coefficient (Wildman–Crippen LogP) is 7.96. The number of imidazole rings is 1. The highest BCUT2D eigenvalue weighted by Gasteiger charge is 2.33. The van der Waals surface area contributed by atoms with Crippen LogP contribution in [-0.4, -0.2) is 21.0 Å². The first-order valence-corrected chi connectivity index (χ1v) is 13.0. The molecule has 0 spiro atoms. The maximum absolute atomic E-state index is 13.4. The van der Waals surface area contributed by atoms with Crippen LogP contribution >= 0.6 is 11.6 Å². The summed E-state index contributed by atoms with van der Waals surface area (Å²) in [6, 6.07) is 28.6. The molecule has 1 fully saturated rings. The standard InChI is InChI=1S/C32H26ClN3O2/c1-19(37)25-18-22(32(38)36-30(21-14-15-21)20-8-3-2-4-9-20)16-17-23(25)29-24(10-7-11-26(29)33)31-34-27-12-5-6-13-28(27)35-31/h2-13,16-18,21,30,37H,1,14-15H2,(H,34,35)(H,36,38). The Labute approximate surface area is 225 Å². The van der Waals surface area contributed by atoms with Crippen LogP contribution < -0.4 is 5.32 Å². The van der Waals surface area contributed by atoms with Gasteiger partial charge in [-0.15, -0.1) is 0 Å². The van der Waals surface area contributed by atoms with Gasteiger partial charge in [0.05, 0.1) is 17.1 Å². The number of aliphatic hydroxyl groups is 1. The minimum absolute atomic E-state index is 0.0487.